The van der Waals surface area contributed by atoms with Crippen molar-refractivity contribution in [1.29, 1.82) is 0 Å². The van der Waals surface area contributed by atoms with Gasteiger partial charge in [0.05, 0.1) is 11.8 Å². The Morgan fingerprint density at radius 3 is 1.67 bits per heavy atom. The lowest BCUT2D eigenvalue weighted by Gasteiger charge is -2.07. The van der Waals surface area contributed by atoms with Gasteiger partial charge in [-0.3, -0.25) is 4.98 Å². The molecule has 1 aromatic carbocycles. The SMILES string of the molecule is Fc1cncc(-c2c(F)c(F)c(F)c(F)c2F)c1. The zero-order valence-corrected chi connectivity index (χ0v) is 8.45. The van der Waals surface area contributed by atoms with E-state index in [1.807, 2.05) is 0 Å². The standard InChI is InChI=1S/C11H3F6N/c12-5-1-4(2-18-3-5)6-7(13)9(15)11(17)10(16)8(6)14/h1-3H. The molecule has 0 aliphatic heterocycles. The zero-order chi connectivity index (χ0) is 13.4. The van der Waals surface area contributed by atoms with Gasteiger partial charge in [0.2, 0.25) is 5.82 Å². The molecule has 1 aromatic heterocycles. The second-order valence-corrected chi connectivity index (χ2v) is 3.34. The Kier molecular flexibility index (Phi) is 2.98. The molecule has 0 atom stereocenters. The fourth-order valence-electron chi connectivity index (χ4n) is 1.41. The number of benzene rings is 1. The van der Waals surface area contributed by atoms with Crippen molar-refractivity contribution in [2.24, 2.45) is 0 Å². The summed E-state index contributed by atoms with van der Waals surface area (Å²) in [6, 6.07) is 0.616. The van der Waals surface area contributed by atoms with Crippen molar-refractivity contribution in [2.75, 3.05) is 0 Å². The zero-order valence-electron chi connectivity index (χ0n) is 8.45. The number of hydrogen-bond acceptors (Lipinski definition) is 1. The number of rotatable bonds is 1. The molecule has 0 aliphatic carbocycles. The molecule has 18 heavy (non-hydrogen) atoms. The Morgan fingerprint density at radius 1 is 0.667 bits per heavy atom. The van der Waals surface area contributed by atoms with Crippen LogP contribution >= 0.6 is 0 Å². The van der Waals surface area contributed by atoms with E-state index in [4.69, 9.17) is 0 Å². The van der Waals surface area contributed by atoms with Crippen LogP contribution < -0.4 is 0 Å². The fourth-order valence-corrected chi connectivity index (χ4v) is 1.41. The monoisotopic (exact) mass is 263 g/mol. The van der Waals surface area contributed by atoms with Gasteiger partial charge in [0.1, 0.15) is 5.82 Å². The molecule has 7 heteroatoms. The van der Waals surface area contributed by atoms with E-state index in [1.54, 1.807) is 0 Å². The lowest BCUT2D eigenvalue weighted by atomic mass is 10.1. The van der Waals surface area contributed by atoms with Crippen molar-refractivity contribution in [3.8, 4) is 11.1 Å². The normalized spacial score (nSPS) is 10.8. The van der Waals surface area contributed by atoms with Crippen molar-refractivity contribution in [1.82, 2.24) is 4.98 Å². The van der Waals surface area contributed by atoms with Gasteiger partial charge in [0.25, 0.3) is 0 Å². The van der Waals surface area contributed by atoms with E-state index in [9.17, 15) is 26.3 Å². The fraction of sp³-hybridized carbons (Fsp3) is 0. The van der Waals surface area contributed by atoms with Gasteiger partial charge in [-0.1, -0.05) is 0 Å². The Hall–Kier alpha value is -2.05. The van der Waals surface area contributed by atoms with Crippen molar-refractivity contribution in [2.45, 2.75) is 0 Å². The third-order valence-corrected chi connectivity index (χ3v) is 2.20. The molecule has 0 saturated heterocycles. The van der Waals surface area contributed by atoms with Gasteiger partial charge >= 0.3 is 0 Å². The van der Waals surface area contributed by atoms with Crippen LogP contribution in [0.4, 0.5) is 26.3 Å². The van der Waals surface area contributed by atoms with Crippen LogP contribution in [-0.4, -0.2) is 4.98 Å². The van der Waals surface area contributed by atoms with Crippen LogP contribution in [0.2, 0.25) is 0 Å². The van der Waals surface area contributed by atoms with Gasteiger partial charge in [-0.2, -0.15) is 0 Å². The Bertz CT molecular complexity index is 596. The highest BCUT2D eigenvalue weighted by Gasteiger charge is 2.26. The van der Waals surface area contributed by atoms with E-state index in [0.717, 1.165) is 12.4 Å². The van der Waals surface area contributed by atoms with E-state index >= 15 is 0 Å². The van der Waals surface area contributed by atoms with Gasteiger partial charge in [-0.05, 0) is 6.07 Å². The van der Waals surface area contributed by atoms with Crippen molar-refractivity contribution in [3.05, 3.63) is 53.4 Å². The maximum absolute atomic E-state index is 13.3. The molecule has 0 fully saturated rings. The molecule has 2 aromatic rings. The summed E-state index contributed by atoms with van der Waals surface area (Å²) in [4.78, 5) is 3.28. The third-order valence-electron chi connectivity index (χ3n) is 2.20. The van der Waals surface area contributed by atoms with Gasteiger partial charge in [-0.25, -0.2) is 26.3 Å². The Balaban J connectivity index is 2.80. The number of halogens is 6. The van der Waals surface area contributed by atoms with E-state index in [-0.39, 0.29) is 0 Å². The number of nitrogens with zero attached hydrogens (tertiary/aromatic N) is 1. The highest BCUT2D eigenvalue weighted by Crippen LogP contribution is 2.31. The Morgan fingerprint density at radius 2 is 1.17 bits per heavy atom. The number of aromatic nitrogens is 1. The molecule has 0 unspecified atom stereocenters. The minimum absolute atomic E-state index is 0.539. The molecule has 0 N–H and O–H groups in total. The van der Waals surface area contributed by atoms with E-state index in [1.165, 1.54) is 0 Å². The third kappa shape index (κ3) is 1.81. The first-order valence-corrected chi connectivity index (χ1v) is 4.55. The van der Waals surface area contributed by atoms with Crippen LogP contribution in [0, 0.1) is 34.9 Å². The average Bonchev–Trinajstić information content (AvgIpc) is 2.34. The molecule has 0 bridgehead atoms. The predicted octanol–water partition coefficient (Wildman–Crippen LogP) is 3.58. The molecular weight excluding hydrogens is 260 g/mol. The largest absolute Gasteiger partial charge is 0.261 e. The van der Waals surface area contributed by atoms with Gasteiger partial charge in [0, 0.05) is 11.8 Å². The molecule has 0 spiro atoms. The second kappa shape index (κ2) is 4.32. The first kappa shape index (κ1) is 12.4. The predicted molar refractivity (Wildman–Crippen MR) is 49.4 cm³/mol. The van der Waals surface area contributed by atoms with E-state index in [2.05, 4.69) is 4.98 Å². The molecule has 1 nitrogen and oxygen atoms in total. The number of hydrogen-bond donors (Lipinski definition) is 0. The lowest BCUT2D eigenvalue weighted by molar-refractivity contribution is 0.381. The smallest absolute Gasteiger partial charge is 0.200 e. The van der Waals surface area contributed by atoms with Crippen molar-refractivity contribution < 1.29 is 26.3 Å². The summed E-state index contributed by atoms with van der Waals surface area (Å²) in [7, 11) is 0. The summed E-state index contributed by atoms with van der Waals surface area (Å²) in [5, 5.41) is 0. The summed E-state index contributed by atoms with van der Waals surface area (Å²) < 4.78 is 78.1. The summed E-state index contributed by atoms with van der Waals surface area (Å²) in [6.07, 6.45) is 1.52. The van der Waals surface area contributed by atoms with Crippen molar-refractivity contribution >= 4 is 0 Å². The molecule has 1 heterocycles. The molecule has 0 amide bonds. The highest BCUT2D eigenvalue weighted by molar-refractivity contribution is 5.64. The lowest BCUT2D eigenvalue weighted by Crippen LogP contribution is -2.04. The van der Waals surface area contributed by atoms with Crippen LogP contribution in [-0.2, 0) is 0 Å². The van der Waals surface area contributed by atoms with Crippen LogP contribution in [0.1, 0.15) is 0 Å². The maximum atomic E-state index is 13.3. The number of pyridine rings is 1. The quantitative estimate of drug-likeness (QED) is 0.435. The topological polar surface area (TPSA) is 12.9 Å². The van der Waals surface area contributed by atoms with Gasteiger partial charge < -0.3 is 0 Å². The first-order valence-electron chi connectivity index (χ1n) is 4.55. The summed E-state index contributed by atoms with van der Waals surface area (Å²) in [6.45, 7) is 0. The van der Waals surface area contributed by atoms with Crippen LogP contribution in [0.25, 0.3) is 11.1 Å². The highest BCUT2D eigenvalue weighted by atomic mass is 19.2. The maximum Gasteiger partial charge on any atom is 0.200 e. The Labute approximate surface area is 96.7 Å². The minimum atomic E-state index is -2.27. The van der Waals surface area contributed by atoms with Crippen LogP contribution in [0.5, 0.6) is 0 Å². The van der Waals surface area contributed by atoms with Crippen LogP contribution in [0.3, 0.4) is 0 Å². The van der Waals surface area contributed by atoms with Crippen LogP contribution in [0.15, 0.2) is 18.5 Å². The van der Waals surface area contributed by atoms with Gasteiger partial charge in [0.15, 0.2) is 23.3 Å². The molecular formula is C11H3F6N. The van der Waals surface area contributed by atoms with E-state index < -0.39 is 46.0 Å². The first-order chi connectivity index (χ1) is 8.43. The van der Waals surface area contributed by atoms with Crippen molar-refractivity contribution in [3.63, 3.8) is 0 Å². The second-order valence-electron chi connectivity index (χ2n) is 3.34. The summed E-state index contributed by atoms with van der Waals surface area (Å²) in [5.74, 6) is -11.5. The van der Waals surface area contributed by atoms with Gasteiger partial charge in [-0.15, -0.1) is 0 Å². The molecule has 0 aliphatic rings. The average molecular weight is 263 g/mol. The minimum Gasteiger partial charge on any atom is -0.261 e. The molecule has 94 valence electrons. The summed E-state index contributed by atoms with van der Waals surface area (Å²) >= 11 is 0. The summed E-state index contributed by atoms with van der Waals surface area (Å²) in [5.41, 5.74) is -1.75. The van der Waals surface area contributed by atoms with E-state index in [0.29, 0.717) is 6.07 Å². The molecule has 2 rings (SSSR count). The molecule has 0 saturated carbocycles. The molecule has 0 radical (unpaired) electrons.